The van der Waals surface area contributed by atoms with Crippen LogP contribution in [0.3, 0.4) is 0 Å². The molecule has 2 atom stereocenters. The van der Waals surface area contributed by atoms with Gasteiger partial charge in [0.1, 0.15) is 0 Å². The summed E-state index contributed by atoms with van der Waals surface area (Å²) in [5.41, 5.74) is 0. The molecular formula is C10H16O6. The summed E-state index contributed by atoms with van der Waals surface area (Å²) in [6, 6.07) is 0. The lowest BCUT2D eigenvalue weighted by atomic mass is 10.5. The molecule has 6 nitrogen and oxygen atoms in total. The Morgan fingerprint density at radius 1 is 0.875 bits per heavy atom. The van der Waals surface area contributed by atoms with Gasteiger partial charge < -0.3 is 18.9 Å². The molecule has 0 amide bonds. The molecule has 92 valence electrons. The van der Waals surface area contributed by atoms with Gasteiger partial charge in [0.15, 0.2) is 12.6 Å². The fraction of sp³-hybridized carbons (Fsp3) is 0.600. The number of hydrogen-bond donors (Lipinski definition) is 0. The molecule has 0 bridgehead atoms. The third-order valence-corrected chi connectivity index (χ3v) is 1.58. The first-order valence-electron chi connectivity index (χ1n) is 4.64. The minimum Gasteiger partial charge on any atom is -0.433 e. The molecule has 0 saturated carbocycles. The van der Waals surface area contributed by atoms with Crippen molar-refractivity contribution in [2.24, 2.45) is 0 Å². The van der Waals surface area contributed by atoms with Crippen LogP contribution in [0.15, 0.2) is 12.2 Å². The fourth-order valence-corrected chi connectivity index (χ4v) is 0.638. The van der Waals surface area contributed by atoms with Crippen LogP contribution in [0.25, 0.3) is 0 Å². The van der Waals surface area contributed by atoms with Crippen LogP contribution in [-0.2, 0) is 28.5 Å². The number of ether oxygens (including phenoxy) is 4. The number of esters is 2. The van der Waals surface area contributed by atoms with Crippen molar-refractivity contribution in [2.45, 2.75) is 26.4 Å². The van der Waals surface area contributed by atoms with E-state index in [4.69, 9.17) is 18.9 Å². The molecule has 0 aromatic heterocycles. The van der Waals surface area contributed by atoms with Gasteiger partial charge in [0.25, 0.3) is 0 Å². The highest BCUT2D eigenvalue weighted by Crippen LogP contribution is 1.95. The van der Waals surface area contributed by atoms with Crippen LogP contribution in [0.5, 0.6) is 0 Å². The maximum atomic E-state index is 11.0. The number of carbonyl (C=O) groups excluding carboxylic acids is 2. The van der Waals surface area contributed by atoms with Gasteiger partial charge in [-0.1, -0.05) is 0 Å². The maximum Gasteiger partial charge on any atom is 0.333 e. The summed E-state index contributed by atoms with van der Waals surface area (Å²) in [4.78, 5) is 22.1. The van der Waals surface area contributed by atoms with Crippen LogP contribution in [0, 0.1) is 0 Å². The molecule has 0 aromatic rings. The lowest BCUT2D eigenvalue weighted by Crippen LogP contribution is -2.16. The molecule has 0 spiro atoms. The molecule has 0 radical (unpaired) electrons. The molecule has 2 unspecified atom stereocenters. The van der Waals surface area contributed by atoms with Gasteiger partial charge in [-0.25, -0.2) is 9.59 Å². The quantitative estimate of drug-likeness (QED) is 0.379. The molecule has 0 aliphatic carbocycles. The summed E-state index contributed by atoms with van der Waals surface area (Å²) in [6.07, 6.45) is 0.595. The van der Waals surface area contributed by atoms with Crippen LogP contribution >= 0.6 is 0 Å². The normalized spacial score (nSPS) is 14.5. The van der Waals surface area contributed by atoms with Crippen molar-refractivity contribution < 1.29 is 28.5 Å². The summed E-state index contributed by atoms with van der Waals surface area (Å²) in [7, 11) is 2.80. The van der Waals surface area contributed by atoms with Crippen LogP contribution in [0.2, 0.25) is 0 Å². The van der Waals surface area contributed by atoms with Gasteiger partial charge >= 0.3 is 11.9 Å². The van der Waals surface area contributed by atoms with Gasteiger partial charge in [0, 0.05) is 26.4 Å². The summed E-state index contributed by atoms with van der Waals surface area (Å²) in [6.45, 7) is 3.11. The molecule has 0 N–H and O–H groups in total. The van der Waals surface area contributed by atoms with Crippen molar-refractivity contribution in [1.82, 2.24) is 0 Å². The van der Waals surface area contributed by atoms with E-state index in [-0.39, 0.29) is 0 Å². The van der Waals surface area contributed by atoms with E-state index in [1.807, 2.05) is 0 Å². The van der Waals surface area contributed by atoms with E-state index in [2.05, 4.69) is 0 Å². The minimum absolute atomic E-state index is 0.661. The third-order valence-electron chi connectivity index (χ3n) is 1.58. The number of carbonyl (C=O) groups is 2. The molecule has 6 heteroatoms. The van der Waals surface area contributed by atoms with Gasteiger partial charge in [-0.2, -0.15) is 0 Å². The average molecular weight is 232 g/mol. The summed E-state index contributed by atoms with van der Waals surface area (Å²) >= 11 is 0. The molecule has 0 aliphatic rings. The van der Waals surface area contributed by atoms with Gasteiger partial charge in [-0.3, -0.25) is 0 Å². The molecule has 0 aromatic carbocycles. The van der Waals surface area contributed by atoms with Crippen molar-refractivity contribution in [3.8, 4) is 0 Å². The van der Waals surface area contributed by atoms with E-state index in [1.165, 1.54) is 14.2 Å². The Labute approximate surface area is 94.1 Å². The Morgan fingerprint density at radius 3 is 1.44 bits per heavy atom. The second-order valence-electron chi connectivity index (χ2n) is 2.81. The predicted molar refractivity (Wildman–Crippen MR) is 54.3 cm³/mol. The standard InChI is InChI=1S/C10H16O6/c1-7(13-3)15-9(11)5-6-10(12)16-8(2)14-4/h5-8H,1-4H3/b6-5+. The zero-order valence-electron chi connectivity index (χ0n) is 9.76. The number of methoxy groups -OCH3 is 2. The monoisotopic (exact) mass is 232 g/mol. The average Bonchev–Trinajstić information content (AvgIpc) is 2.26. The molecule has 16 heavy (non-hydrogen) atoms. The van der Waals surface area contributed by atoms with Crippen molar-refractivity contribution >= 4 is 11.9 Å². The molecule has 0 fully saturated rings. The molecule has 0 heterocycles. The first kappa shape index (κ1) is 14.6. The zero-order valence-corrected chi connectivity index (χ0v) is 9.76. The first-order valence-corrected chi connectivity index (χ1v) is 4.64. The zero-order chi connectivity index (χ0) is 12.6. The lowest BCUT2D eigenvalue weighted by Gasteiger charge is -2.09. The lowest BCUT2D eigenvalue weighted by molar-refractivity contribution is -0.166. The topological polar surface area (TPSA) is 71.1 Å². The highest BCUT2D eigenvalue weighted by molar-refractivity contribution is 5.91. The van der Waals surface area contributed by atoms with E-state index in [0.29, 0.717) is 0 Å². The van der Waals surface area contributed by atoms with Crippen LogP contribution in [-0.4, -0.2) is 38.7 Å². The number of rotatable bonds is 6. The molecule has 0 aliphatic heterocycles. The smallest absolute Gasteiger partial charge is 0.333 e. The maximum absolute atomic E-state index is 11.0. The summed E-state index contributed by atoms with van der Waals surface area (Å²) < 4.78 is 18.8. The third kappa shape index (κ3) is 6.97. The molecule has 0 saturated heterocycles. The Balaban J connectivity index is 3.98. The SMILES string of the molecule is COC(C)OC(=O)/C=C/C(=O)OC(C)OC. The Morgan fingerprint density at radius 2 is 1.19 bits per heavy atom. The van der Waals surface area contributed by atoms with Crippen LogP contribution < -0.4 is 0 Å². The van der Waals surface area contributed by atoms with Gasteiger partial charge in [0.05, 0.1) is 0 Å². The molecule has 0 rings (SSSR count). The summed E-state index contributed by atoms with van der Waals surface area (Å²) in [5.74, 6) is -1.37. The van der Waals surface area contributed by atoms with Crippen molar-refractivity contribution in [3.63, 3.8) is 0 Å². The van der Waals surface area contributed by atoms with E-state index in [1.54, 1.807) is 13.8 Å². The van der Waals surface area contributed by atoms with E-state index < -0.39 is 24.5 Å². The largest absolute Gasteiger partial charge is 0.433 e. The first-order chi connectivity index (χ1) is 7.49. The Hall–Kier alpha value is -1.40. The highest BCUT2D eigenvalue weighted by Gasteiger charge is 2.07. The van der Waals surface area contributed by atoms with Crippen LogP contribution in [0.1, 0.15) is 13.8 Å². The van der Waals surface area contributed by atoms with Gasteiger partial charge in [-0.15, -0.1) is 0 Å². The van der Waals surface area contributed by atoms with Crippen LogP contribution in [0.4, 0.5) is 0 Å². The molecular weight excluding hydrogens is 216 g/mol. The second kappa shape index (κ2) is 7.84. The van der Waals surface area contributed by atoms with E-state index in [0.717, 1.165) is 12.2 Å². The van der Waals surface area contributed by atoms with Gasteiger partial charge in [-0.05, 0) is 13.8 Å². The van der Waals surface area contributed by atoms with E-state index in [9.17, 15) is 9.59 Å². The minimum atomic E-state index is -0.684. The van der Waals surface area contributed by atoms with Crippen molar-refractivity contribution in [1.29, 1.82) is 0 Å². The number of hydrogen-bond acceptors (Lipinski definition) is 6. The van der Waals surface area contributed by atoms with E-state index >= 15 is 0 Å². The Kier molecular flexibility index (Phi) is 7.15. The Bertz CT molecular complexity index is 234. The van der Waals surface area contributed by atoms with Gasteiger partial charge in [0.2, 0.25) is 0 Å². The van der Waals surface area contributed by atoms with Crippen molar-refractivity contribution in [3.05, 3.63) is 12.2 Å². The second-order valence-corrected chi connectivity index (χ2v) is 2.81. The van der Waals surface area contributed by atoms with Crippen molar-refractivity contribution in [2.75, 3.05) is 14.2 Å². The predicted octanol–water partition coefficient (Wildman–Crippen LogP) is 0.614. The summed E-state index contributed by atoms with van der Waals surface area (Å²) in [5, 5.41) is 0. The fourth-order valence-electron chi connectivity index (χ4n) is 0.638. The highest BCUT2D eigenvalue weighted by atomic mass is 16.7.